The number of fused-ring (bicyclic) bond motifs is 1. The lowest BCUT2D eigenvalue weighted by Crippen LogP contribution is -2.32. The van der Waals surface area contributed by atoms with E-state index in [4.69, 9.17) is 0 Å². The van der Waals surface area contributed by atoms with Crippen LogP contribution in [0.2, 0.25) is 0 Å². The van der Waals surface area contributed by atoms with Crippen LogP contribution in [0.1, 0.15) is 40.0 Å². The lowest BCUT2D eigenvalue weighted by atomic mass is 10.1. The number of hydrogen-bond acceptors (Lipinski definition) is 3. The summed E-state index contributed by atoms with van der Waals surface area (Å²) in [5.74, 6) is 0.560. The monoisotopic (exact) mass is 258 g/mol. The molecule has 1 heterocycles. The molecule has 2 aliphatic rings. The number of hydrogen-bond donors (Lipinski definition) is 1. The van der Waals surface area contributed by atoms with Gasteiger partial charge in [0.1, 0.15) is 0 Å². The van der Waals surface area contributed by atoms with Crippen molar-refractivity contribution in [3.63, 3.8) is 0 Å². The number of nitrogens with one attached hydrogen (secondary N) is 1. The fourth-order valence-corrected chi connectivity index (χ4v) is 2.43. The zero-order chi connectivity index (χ0) is 13.2. The van der Waals surface area contributed by atoms with E-state index in [9.17, 15) is 9.59 Å². The second-order valence-corrected chi connectivity index (χ2v) is 5.31. The van der Waals surface area contributed by atoms with E-state index in [-0.39, 0.29) is 11.8 Å². The van der Waals surface area contributed by atoms with Crippen molar-refractivity contribution in [2.75, 3.05) is 19.6 Å². The molecule has 1 N–H and O–H groups in total. The SMILES string of the molecule is O=C1c2ccccc2C(=O)N1CCCNCC1CC1. The highest BCUT2D eigenvalue weighted by Crippen LogP contribution is 2.27. The molecule has 0 bridgehead atoms. The third-order valence-corrected chi connectivity index (χ3v) is 3.74. The van der Waals surface area contributed by atoms with E-state index >= 15 is 0 Å². The summed E-state index contributed by atoms with van der Waals surface area (Å²) in [7, 11) is 0. The van der Waals surface area contributed by atoms with E-state index in [1.807, 2.05) is 0 Å². The Balaban J connectivity index is 1.51. The van der Waals surface area contributed by atoms with E-state index in [0.29, 0.717) is 17.7 Å². The fraction of sp³-hybridized carbons (Fsp3) is 0.467. The van der Waals surface area contributed by atoms with Gasteiger partial charge in [0.25, 0.3) is 11.8 Å². The standard InChI is InChI=1S/C15H18N2O2/c18-14-12-4-1-2-5-13(12)15(19)17(14)9-3-8-16-10-11-6-7-11/h1-2,4-5,11,16H,3,6-10H2. The second kappa shape index (κ2) is 5.13. The summed E-state index contributed by atoms with van der Waals surface area (Å²) in [6.07, 6.45) is 3.50. The van der Waals surface area contributed by atoms with Crippen LogP contribution in [0.4, 0.5) is 0 Å². The number of benzene rings is 1. The lowest BCUT2D eigenvalue weighted by molar-refractivity contribution is 0.0652. The zero-order valence-corrected chi connectivity index (χ0v) is 10.9. The van der Waals surface area contributed by atoms with Gasteiger partial charge in [-0.3, -0.25) is 14.5 Å². The first-order valence-corrected chi connectivity index (χ1v) is 6.93. The van der Waals surface area contributed by atoms with Gasteiger partial charge in [-0.2, -0.15) is 0 Å². The largest absolute Gasteiger partial charge is 0.316 e. The molecule has 19 heavy (non-hydrogen) atoms. The minimum absolute atomic E-state index is 0.150. The molecule has 1 aliphatic heterocycles. The quantitative estimate of drug-likeness (QED) is 0.624. The van der Waals surface area contributed by atoms with Crippen LogP contribution in [0.3, 0.4) is 0 Å². The second-order valence-electron chi connectivity index (χ2n) is 5.31. The van der Waals surface area contributed by atoms with Crippen molar-refractivity contribution in [3.8, 4) is 0 Å². The summed E-state index contributed by atoms with van der Waals surface area (Å²) < 4.78 is 0. The number of rotatable bonds is 6. The first-order chi connectivity index (χ1) is 9.27. The predicted molar refractivity (Wildman–Crippen MR) is 72.0 cm³/mol. The van der Waals surface area contributed by atoms with Crippen molar-refractivity contribution in [2.45, 2.75) is 19.3 Å². The molecule has 1 aliphatic carbocycles. The van der Waals surface area contributed by atoms with Gasteiger partial charge < -0.3 is 5.32 Å². The third-order valence-electron chi connectivity index (χ3n) is 3.74. The molecular weight excluding hydrogens is 240 g/mol. The van der Waals surface area contributed by atoms with Gasteiger partial charge in [-0.05, 0) is 50.4 Å². The van der Waals surface area contributed by atoms with Crippen molar-refractivity contribution < 1.29 is 9.59 Å². The Morgan fingerprint density at radius 3 is 2.32 bits per heavy atom. The summed E-state index contributed by atoms with van der Waals surface area (Å²) in [6.45, 7) is 2.44. The molecule has 100 valence electrons. The van der Waals surface area contributed by atoms with Crippen molar-refractivity contribution in [3.05, 3.63) is 35.4 Å². The molecule has 0 radical (unpaired) electrons. The molecule has 0 atom stereocenters. The Labute approximate surface area is 112 Å². The van der Waals surface area contributed by atoms with Crippen molar-refractivity contribution in [1.29, 1.82) is 0 Å². The maximum absolute atomic E-state index is 12.1. The topological polar surface area (TPSA) is 49.4 Å². The summed E-state index contributed by atoms with van der Waals surface area (Å²) >= 11 is 0. The number of carbonyl (C=O) groups excluding carboxylic acids is 2. The molecule has 4 nitrogen and oxygen atoms in total. The third kappa shape index (κ3) is 2.54. The van der Waals surface area contributed by atoms with Gasteiger partial charge in [0, 0.05) is 6.54 Å². The molecule has 1 aromatic rings. The van der Waals surface area contributed by atoms with Gasteiger partial charge in [0.2, 0.25) is 0 Å². The minimum atomic E-state index is -0.150. The number of nitrogens with zero attached hydrogens (tertiary/aromatic N) is 1. The molecule has 1 aromatic carbocycles. The van der Waals surface area contributed by atoms with Crippen LogP contribution >= 0.6 is 0 Å². The van der Waals surface area contributed by atoms with Gasteiger partial charge in [-0.25, -0.2) is 0 Å². The Kier molecular flexibility index (Phi) is 3.34. The van der Waals surface area contributed by atoms with Crippen LogP contribution in [-0.2, 0) is 0 Å². The number of amides is 2. The Hall–Kier alpha value is -1.68. The van der Waals surface area contributed by atoms with Gasteiger partial charge in [0.15, 0.2) is 0 Å². The van der Waals surface area contributed by atoms with Crippen molar-refractivity contribution in [2.24, 2.45) is 5.92 Å². The van der Waals surface area contributed by atoms with E-state index in [0.717, 1.165) is 25.4 Å². The first-order valence-electron chi connectivity index (χ1n) is 6.93. The Bertz CT molecular complexity index is 474. The lowest BCUT2D eigenvalue weighted by Gasteiger charge is -2.13. The van der Waals surface area contributed by atoms with E-state index < -0.39 is 0 Å². The minimum Gasteiger partial charge on any atom is -0.316 e. The molecular formula is C15H18N2O2. The van der Waals surface area contributed by atoms with E-state index in [2.05, 4.69) is 5.32 Å². The highest BCUT2D eigenvalue weighted by molar-refractivity contribution is 6.21. The Morgan fingerprint density at radius 2 is 1.74 bits per heavy atom. The zero-order valence-electron chi connectivity index (χ0n) is 10.9. The van der Waals surface area contributed by atoms with Crippen LogP contribution in [-0.4, -0.2) is 36.3 Å². The van der Waals surface area contributed by atoms with Crippen LogP contribution in [0, 0.1) is 5.92 Å². The number of imide groups is 1. The molecule has 2 amide bonds. The van der Waals surface area contributed by atoms with Crippen LogP contribution in [0.5, 0.6) is 0 Å². The van der Waals surface area contributed by atoms with Crippen molar-refractivity contribution >= 4 is 11.8 Å². The average Bonchev–Trinajstić information content (AvgIpc) is 3.22. The molecule has 1 fully saturated rings. The van der Waals surface area contributed by atoms with E-state index in [1.165, 1.54) is 17.7 Å². The molecule has 0 aromatic heterocycles. The highest BCUT2D eigenvalue weighted by Gasteiger charge is 2.34. The summed E-state index contributed by atoms with van der Waals surface area (Å²) in [5, 5.41) is 3.37. The molecule has 0 spiro atoms. The van der Waals surface area contributed by atoms with Crippen LogP contribution in [0.15, 0.2) is 24.3 Å². The Morgan fingerprint density at radius 1 is 1.11 bits per heavy atom. The molecule has 0 unspecified atom stereocenters. The smallest absolute Gasteiger partial charge is 0.261 e. The molecule has 3 rings (SSSR count). The summed E-state index contributed by atoms with van der Waals surface area (Å²) in [4.78, 5) is 25.5. The highest BCUT2D eigenvalue weighted by atomic mass is 16.2. The maximum Gasteiger partial charge on any atom is 0.261 e. The van der Waals surface area contributed by atoms with Crippen LogP contribution in [0.25, 0.3) is 0 Å². The van der Waals surface area contributed by atoms with Crippen molar-refractivity contribution in [1.82, 2.24) is 10.2 Å². The van der Waals surface area contributed by atoms with Gasteiger partial charge >= 0.3 is 0 Å². The fourth-order valence-electron chi connectivity index (χ4n) is 2.43. The number of carbonyl (C=O) groups is 2. The molecule has 1 saturated carbocycles. The summed E-state index contributed by atoms with van der Waals surface area (Å²) in [5.41, 5.74) is 1.08. The predicted octanol–water partition coefficient (Wildman–Crippen LogP) is 1.67. The average molecular weight is 258 g/mol. The van der Waals surface area contributed by atoms with Gasteiger partial charge in [0.05, 0.1) is 11.1 Å². The van der Waals surface area contributed by atoms with Gasteiger partial charge in [-0.15, -0.1) is 0 Å². The summed E-state index contributed by atoms with van der Waals surface area (Å²) in [6, 6.07) is 7.04. The maximum atomic E-state index is 12.1. The van der Waals surface area contributed by atoms with Crippen LogP contribution < -0.4 is 5.32 Å². The first kappa shape index (κ1) is 12.4. The molecule has 4 heteroatoms. The normalized spacial score (nSPS) is 18.0. The molecule has 0 saturated heterocycles. The van der Waals surface area contributed by atoms with Gasteiger partial charge in [-0.1, -0.05) is 12.1 Å². The van der Waals surface area contributed by atoms with E-state index in [1.54, 1.807) is 24.3 Å².